The molecule has 2 N–H and O–H groups in total. The first kappa shape index (κ1) is 17.2. The quantitative estimate of drug-likeness (QED) is 0.460. The maximum atomic E-state index is 5.67. The van der Waals surface area contributed by atoms with E-state index in [9.17, 15) is 0 Å². The molecule has 1 aliphatic heterocycles. The summed E-state index contributed by atoms with van der Waals surface area (Å²) in [5, 5.41) is 6.84. The molecule has 1 fully saturated rings. The first-order valence-corrected chi connectivity index (χ1v) is 9.28. The smallest absolute Gasteiger partial charge is 0.191 e. The van der Waals surface area contributed by atoms with Crippen molar-refractivity contribution in [2.45, 2.75) is 32.4 Å². The summed E-state index contributed by atoms with van der Waals surface area (Å²) >= 11 is 2.02. The van der Waals surface area contributed by atoms with Crippen LogP contribution < -0.4 is 10.6 Å². The molecule has 0 aliphatic carbocycles. The summed E-state index contributed by atoms with van der Waals surface area (Å²) in [5.74, 6) is 3.38. The predicted octanol–water partition coefficient (Wildman–Crippen LogP) is 2.65. The summed E-state index contributed by atoms with van der Waals surface area (Å²) in [6, 6.07) is 10.8. The zero-order chi connectivity index (χ0) is 15.5. The Hall–Kier alpha value is -1.20. The van der Waals surface area contributed by atoms with E-state index in [0.717, 1.165) is 12.5 Å². The Kier molecular flexibility index (Phi) is 8.20. The average Bonchev–Trinajstić information content (AvgIpc) is 2.56. The largest absolute Gasteiger partial charge is 0.375 e. The van der Waals surface area contributed by atoms with Gasteiger partial charge in [0.15, 0.2) is 5.96 Å². The molecule has 2 rings (SSSR count). The van der Waals surface area contributed by atoms with E-state index in [-0.39, 0.29) is 0 Å². The zero-order valence-electron chi connectivity index (χ0n) is 13.4. The molecular weight excluding hydrogens is 294 g/mol. The van der Waals surface area contributed by atoms with Gasteiger partial charge in [-0.3, -0.25) is 4.99 Å². The van der Waals surface area contributed by atoms with Crippen LogP contribution in [0.1, 0.15) is 25.3 Å². The third-order valence-corrected chi connectivity index (χ3v) is 4.68. The minimum atomic E-state index is 0.543. The molecule has 1 heterocycles. The molecule has 1 aromatic carbocycles. The Bertz CT molecular complexity index is 433. The van der Waals surface area contributed by atoms with Crippen LogP contribution in [0.2, 0.25) is 0 Å². The molecule has 1 aromatic rings. The van der Waals surface area contributed by atoms with Crippen molar-refractivity contribution in [2.24, 2.45) is 4.99 Å². The molecule has 1 unspecified atom stereocenters. The lowest BCUT2D eigenvalue weighted by molar-refractivity contribution is 0.128. The number of aliphatic imine (C=N–C) groups is 1. The molecule has 0 bridgehead atoms. The number of guanidine groups is 1. The van der Waals surface area contributed by atoms with Crippen molar-refractivity contribution in [3.8, 4) is 0 Å². The third-order valence-electron chi connectivity index (χ3n) is 3.46. The molecule has 1 atom stereocenters. The third kappa shape index (κ3) is 6.71. The molecule has 122 valence electrons. The maximum absolute atomic E-state index is 5.67. The topological polar surface area (TPSA) is 45.7 Å². The average molecular weight is 321 g/mol. The highest BCUT2D eigenvalue weighted by Crippen LogP contribution is 2.16. The number of benzene rings is 1. The molecule has 1 aliphatic rings. The normalized spacial score (nSPS) is 19.0. The lowest BCUT2D eigenvalue weighted by Crippen LogP contribution is -2.45. The Labute approximate surface area is 138 Å². The van der Waals surface area contributed by atoms with Crippen LogP contribution in [-0.4, -0.2) is 43.2 Å². The second kappa shape index (κ2) is 10.5. The maximum Gasteiger partial charge on any atom is 0.191 e. The van der Waals surface area contributed by atoms with Crippen LogP contribution in [0.4, 0.5) is 0 Å². The minimum absolute atomic E-state index is 0.543. The number of thioether (sulfide) groups is 1. The van der Waals surface area contributed by atoms with Crippen LogP contribution >= 0.6 is 11.8 Å². The number of nitrogens with zero attached hydrogens (tertiary/aromatic N) is 1. The second-order valence-corrected chi connectivity index (χ2v) is 6.51. The van der Waals surface area contributed by atoms with Crippen molar-refractivity contribution in [1.29, 1.82) is 0 Å². The Morgan fingerprint density at radius 1 is 1.36 bits per heavy atom. The van der Waals surface area contributed by atoms with Crippen molar-refractivity contribution in [3.05, 3.63) is 35.9 Å². The zero-order valence-corrected chi connectivity index (χ0v) is 14.2. The summed E-state index contributed by atoms with van der Waals surface area (Å²) in [5.41, 5.74) is 1.20. The van der Waals surface area contributed by atoms with E-state index in [1.54, 1.807) is 0 Å². The fourth-order valence-corrected chi connectivity index (χ4v) is 3.43. The number of rotatable bonds is 7. The van der Waals surface area contributed by atoms with Crippen molar-refractivity contribution >= 4 is 17.7 Å². The van der Waals surface area contributed by atoms with Crippen molar-refractivity contribution in [1.82, 2.24) is 10.6 Å². The van der Waals surface area contributed by atoms with Crippen LogP contribution in [0.5, 0.6) is 0 Å². The van der Waals surface area contributed by atoms with Gasteiger partial charge in [-0.25, -0.2) is 0 Å². The van der Waals surface area contributed by atoms with Gasteiger partial charge in [0.05, 0.1) is 19.8 Å². The van der Waals surface area contributed by atoms with Crippen molar-refractivity contribution < 1.29 is 4.74 Å². The van der Waals surface area contributed by atoms with Gasteiger partial charge >= 0.3 is 0 Å². The van der Waals surface area contributed by atoms with Crippen molar-refractivity contribution in [3.63, 3.8) is 0 Å². The molecule has 0 aromatic heterocycles. The summed E-state index contributed by atoms with van der Waals surface area (Å²) < 4.78 is 5.67. The van der Waals surface area contributed by atoms with Crippen molar-refractivity contribution in [2.75, 3.05) is 31.2 Å². The van der Waals surface area contributed by atoms with E-state index in [2.05, 4.69) is 34.7 Å². The number of hydrogen-bond donors (Lipinski definition) is 2. The summed E-state index contributed by atoms with van der Waals surface area (Å²) in [7, 11) is 0. The van der Waals surface area contributed by atoms with E-state index in [0.29, 0.717) is 25.8 Å². The Morgan fingerprint density at radius 2 is 2.23 bits per heavy atom. The number of hydrogen-bond acceptors (Lipinski definition) is 3. The summed E-state index contributed by atoms with van der Waals surface area (Å²) in [6.07, 6.45) is 2.53. The van der Waals surface area contributed by atoms with Gasteiger partial charge in [-0.15, -0.1) is 0 Å². The van der Waals surface area contributed by atoms with E-state index in [4.69, 9.17) is 4.74 Å². The van der Waals surface area contributed by atoms with Crippen LogP contribution in [0, 0.1) is 0 Å². The van der Waals surface area contributed by atoms with Crippen LogP contribution in [0.15, 0.2) is 35.3 Å². The van der Waals surface area contributed by atoms with Gasteiger partial charge in [0, 0.05) is 18.3 Å². The molecule has 0 radical (unpaired) electrons. The SMILES string of the molecule is CCNC(=NCCOCc1ccccc1)NC1CCCSC1. The molecule has 4 nitrogen and oxygen atoms in total. The van der Waals surface area contributed by atoms with Gasteiger partial charge < -0.3 is 15.4 Å². The van der Waals surface area contributed by atoms with Crippen LogP contribution in [0.25, 0.3) is 0 Å². The van der Waals surface area contributed by atoms with E-state index in [1.165, 1.54) is 29.9 Å². The summed E-state index contributed by atoms with van der Waals surface area (Å²) in [6.45, 7) is 4.96. The molecule has 0 saturated carbocycles. The van der Waals surface area contributed by atoms with Crippen LogP contribution in [-0.2, 0) is 11.3 Å². The van der Waals surface area contributed by atoms with E-state index >= 15 is 0 Å². The minimum Gasteiger partial charge on any atom is -0.375 e. The highest BCUT2D eigenvalue weighted by Gasteiger charge is 2.14. The fraction of sp³-hybridized carbons (Fsp3) is 0.588. The number of nitrogens with one attached hydrogen (secondary N) is 2. The molecular formula is C17H27N3OS. The van der Waals surface area contributed by atoms with E-state index < -0.39 is 0 Å². The molecule has 1 saturated heterocycles. The Morgan fingerprint density at radius 3 is 2.95 bits per heavy atom. The lowest BCUT2D eigenvalue weighted by atomic mass is 10.2. The first-order valence-electron chi connectivity index (χ1n) is 8.12. The lowest BCUT2D eigenvalue weighted by Gasteiger charge is -2.24. The summed E-state index contributed by atoms with van der Waals surface area (Å²) in [4.78, 5) is 4.60. The first-order chi connectivity index (χ1) is 10.9. The van der Waals surface area contributed by atoms with Gasteiger partial charge in [0.2, 0.25) is 0 Å². The van der Waals surface area contributed by atoms with E-state index in [1.807, 2.05) is 30.0 Å². The monoisotopic (exact) mass is 321 g/mol. The van der Waals surface area contributed by atoms with Gasteiger partial charge in [0.25, 0.3) is 0 Å². The van der Waals surface area contributed by atoms with Gasteiger partial charge in [0.1, 0.15) is 0 Å². The number of ether oxygens (including phenoxy) is 1. The Balaban J connectivity index is 1.68. The highest BCUT2D eigenvalue weighted by atomic mass is 32.2. The highest BCUT2D eigenvalue weighted by molar-refractivity contribution is 7.99. The molecule has 22 heavy (non-hydrogen) atoms. The van der Waals surface area contributed by atoms with Gasteiger partial charge in [-0.1, -0.05) is 30.3 Å². The van der Waals surface area contributed by atoms with Gasteiger partial charge in [-0.2, -0.15) is 11.8 Å². The predicted molar refractivity (Wildman–Crippen MR) is 95.6 cm³/mol. The molecule has 5 heteroatoms. The fourth-order valence-electron chi connectivity index (χ4n) is 2.35. The van der Waals surface area contributed by atoms with Gasteiger partial charge in [-0.05, 0) is 31.1 Å². The second-order valence-electron chi connectivity index (χ2n) is 5.36. The standard InChI is InChI=1S/C17H27N3OS/c1-2-18-17(20-16-9-6-12-22-14-16)19-10-11-21-13-15-7-4-3-5-8-15/h3-5,7-8,16H,2,6,9-14H2,1H3,(H2,18,19,20). The molecule has 0 amide bonds. The van der Waals surface area contributed by atoms with Crippen LogP contribution in [0.3, 0.4) is 0 Å². The molecule has 0 spiro atoms.